The monoisotopic (exact) mass is 300 g/mol. The van der Waals surface area contributed by atoms with Gasteiger partial charge in [-0.15, -0.1) is 0 Å². The van der Waals surface area contributed by atoms with Crippen molar-refractivity contribution in [3.8, 4) is 0 Å². The highest BCUT2D eigenvalue weighted by Crippen LogP contribution is 2.31. The van der Waals surface area contributed by atoms with Crippen LogP contribution in [0.1, 0.15) is 24.1 Å². The Morgan fingerprint density at radius 3 is 2.77 bits per heavy atom. The van der Waals surface area contributed by atoms with E-state index in [4.69, 9.17) is 0 Å². The predicted octanol–water partition coefficient (Wildman–Crippen LogP) is 0.846. The number of aliphatic hydroxyl groups excluding tert-OH is 1. The van der Waals surface area contributed by atoms with Crippen molar-refractivity contribution in [2.75, 3.05) is 0 Å². The maximum Gasteiger partial charge on any atom is 0.226 e. The Labute approximate surface area is 129 Å². The van der Waals surface area contributed by atoms with E-state index in [1.54, 1.807) is 24.9 Å². The van der Waals surface area contributed by atoms with Gasteiger partial charge in [0.15, 0.2) is 0 Å². The number of pyridine rings is 1. The topological polar surface area (TPSA) is 90.9 Å². The molecule has 0 unspecified atom stereocenters. The Balaban J connectivity index is 1.62. The summed E-state index contributed by atoms with van der Waals surface area (Å²) in [5, 5.41) is 12.6. The number of carbonyl (C=O) groups excluding carboxylic acids is 1. The fourth-order valence-corrected chi connectivity index (χ4v) is 2.88. The van der Waals surface area contributed by atoms with Gasteiger partial charge in [0.25, 0.3) is 0 Å². The van der Waals surface area contributed by atoms with Gasteiger partial charge in [-0.05, 0) is 42.9 Å². The molecule has 3 N–H and O–H groups in total. The number of carbonyl (C=O) groups is 1. The van der Waals surface area contributed by atoms with Gasteiger partial charge in [0, 0.05) is 30.3 Å². The van der Waals surface area contributed by atoms with Crippen LogP contribution < -0.4 is 5.32 Å². The first kappa shape index (κ1) is 14.7. The molecule has 22 heavy (non-hydrogen) atoms. The molecule has 1 amide bonds. The zero-order valence-corrected chi connectivity index (χ0v) is 12.3. The minimum absolute atomic E-state index is 0.0234. The second-order valence-corrected chi connectivity index (χ2v) is 5.87. The number of amides is 1. The SMILES string of the molecule is O=C(Cc1cnc[nH]1)N[C@H](Cc1ccncc1)C1CC(O)C1. The summed E-state index contributed by atoms with van der Waals surface area (Å²) in [6.07, 6.45) is 9.07. The minimum Gasteiger partial charge on any atom is -0.393 e. The zero-order valence-electron chi connectivity index (χ0n) is 12.3. The molecule has 1 fully saturated rings. The smallest absolute Gasteiger partial charge is 0.226 e. The Bertz CT molecular complexity index is 594. The van der Waals surface area contributed by atoms with Crippen LogP contribution in [-0.2, 0) is 17.6 Å². The first-order chi connectivity index (χ1) is 10.7. The molecule has 0 radical (unpaired) electrons. The number of hydrogen-bond acceptors (Lipinski definition) is 4. The zero-order chi connectivity index (χ0) is 15.4. The molecule has 3 rings (SSSR count). The largest absolute Gasteiger partial charge is 0.393 e. The van der Waals surface area contributed by atoms with E-state index in [0.717, 1.165) is 30.5 Å². The summed E-state index contributed by atoms with van der Waals surface area (Å²) < 4.78 is 0. The number of aromatic nitrogens is 3. The van der Waals surface area contributed by atoms with Gasteiger partial charge in [-0.1, -0.05) is 0 Å². The lowest BCUT2D eigenvalue weighted by Gasteiger charge is -2.38. The molecule has 0 aromatic carbocycles. The molecule has 2 heterocycles. The maximum atomic E-state index is 12.2. The first-order valence-electron chi connectivity index (χ1n) is 7.54. The van der Waals surface area contributed by atoms with Gasteiger partial charge < -0.3 is 15.4 Å². The summed E-state index contributed by atoms with van der Waals surface area (Å²) in [6.45, 7) is 0. The van der Waals surface area contributed by atoms with Crippen molar-refractivity contribution in [1.29, 1.82) is 0 Å². The van der Waals surface area contributed by atoms with Gasteiger partial charge in [0.05, 0.1) is 18.9 Å². The van der Waals surface area contributed by atoms with Gasteiger partial charge >= 0.3 is 0 Å². The van der Waals surface area contributed by atoms with Crippen molar-refractivity contribution >= 4 is 5.91 Å². The Kier molecular flexibility index (Phi) is 4.48. The average Bonchev–Trinajstić information content (AvgIpc) is 2.97. The van der Waals surface area contributed by atoms with E-state index in [-0.39, 0.29) is 18.1 Å². The molecule has 0 saturated heterocycles. The van der Waals surface area contributed by atoms with E-state index in [2.05, 4.69) is 20.3 Å². The second kappa shape index (κ2) is 6.70. The number of H-pyrrole nitrogens is 1. The lowest BCUT2D eigenvalue weighted by atomic mass is 9.75. The molecule has 1 saturated carbocycles. The Morgan fingerprint density at radius 2 is 2.14 bits per heavy atom. The van der Waals surface area contributed by atoms with Crippen molar-refractivity contribution in [1.82, 2.24) is 20.3 Å². The molecule has 1 atom stereocenters. The lowest BCUT2D eigenvalue weighted by Crippen LogP contribution is -2.48. The number of rotatable bonds is 6. The maximum absolute atomic E-state index is 12.2. The molecular formula is C16H20N4O2. The van der Waals surface area contributed by atoms with Crippen LogP contribution in [0.4, 0.5) is 0 Å². The molecule has 1 aliphatic carbocycles. The van der Waals surface area contributed by atoms with Crippen LogP contribution >= 0.6 is 0 Å². The van der Waals surface area contributed by atoms with Crippen molar-refractivity contribution in [2.45, 2.75) is 37.8 Å². The molecule has 1 aliphatic rings. The third-order valence-corrected chi connectivity index (χ3v) is 4.18. The standard InChI is InChI=1S/C16H20N4O2/c21-14-6-12(7-14)15(5-11-1-3-17-4-2-11)20-16(22)8-13-9-18-10-19-13/h1-4,9-10,12,14-15,21H,5-8H2,(H,18,19)(H,20,22)/t12?,14?,15-/m1/s1. The third-order valence-electron chi connectivity index (χ3n) is 4.18. The van der Waals surface area contributed by atoms with Crippen molar-refractivity contribution in [3.05, 3.63) is 48.3 Å². The van der Waals surface area contributed by atoms with Crippen LogP contribution in [0.5, 0.6) is 0 Å². The predicted molar refractivity (Wildman–Crippen MR) is 80.9 cm³/mol. The minimum atomic E-state index is -0.227. The van der Waals surface area contributed by atoms with E-state index >= 15 is 0 Å². The number of nitrogens with zero attached hydrogens (tertiary/aromatic N) is 2. The highest BCUT2D eigenvalue weighted by molar-refractivity contribution is 5.78. The molecule has 0 spiro atoms. The molecule has 6 heteroatoms. The normalized spacial score (nSPS) is 21.9. The van der Waals surface area contributed by atoms with E-state index in [1.807, 2.05) is 12.1 Å². The first-order valence-corrected chi connectivity index (χ1v) is 7.54. The molecule has 116 valence electrons. The van der Waals surface area contributed by atoms with Gasteiger partial charge in [0.1, 0.15) is 0 Å². The number of aliphatic hydroxyl groups is 1. The van der Waals surface area contributed by atoms with Crippen LogP contribution in [0.2, 0.25) is 0 Å². The number of nitrogens with one attached hydrogen (secondary N) is 2. The van der Waals surface area contributed by atoms with E-state index in [9.17, 15) is 9.90 Å². The van der Waals surface area contributed by atoms with E-state index in [0.29, 0.717) is 12.3 Å². The van der Waals surface area contributed by atoms with Crippen LogP contribution in [0.25, 0.3) is 0 Å². The van der Waals surface area contributed by atoms with Crippen molar-refractivity contribution in [3.63, 3.8) is 0 Å². The number of hydrogen-bond donors (Lipinski definition) is 3. The average molecular weight is 300 g/mol. The van der Waals surface area contributed by atoms with Gasteiger partial charge in [-0.3, -0.25) is 9.78 Å². The second-order valence-electron chi connectivity index (χ2n) is 5.87. The van der Waals surface area contributed by atoms with Crippen LogP contribution in [0, 0.1) is 5.92 Å². The van der Waals surface area contributed by atoms with Gasteiger partial charge in [-0.2, -0.15) is 0 Å². The fourth-order valence-electron chi connectivity index (χ4n) is 2.88. The Morgan fingerprint density at radius 1 is 1.36 bits per heavy atom. The van der Waals surface area contributed by atoms with Crippen molar-refractivity contribution in [2.24, 2.45) is 5.92 Å². The molecule has 6 nitrogen and oxygen atoms in total. The van der Waals surface area contributed by atoms with Gasteiger partial charge in [-0.25, -0.2) is 4.98 Å². The quantitative estimate of drug-likeness (QED) is 0.737. The van der Waals surface area contributed by atoms with E-state index in [1.165, 1.54) is 0 Å². The van der Waals surface area contributed by atoms with E-state index < -0.39 is 0 Å². The highest BCUT2D eigenvalue weighted by atomic mass is 16.3. The summed E-state index contributed by atoms with van der Waals surface area (Å²) in [4.78, 5) is 23.1. The molecule has 0 bridgehead atoms. The molecule has 2 aromatic rings. The van der Waals surface area contributed by atoms with Crippen LogP contribution in [0.3, 0.4) is 0 Å². The van der Waals surface area contributed by atoms with Crippen LogP contribution in [0.15, 0.2) is 37.1 Å². The third kappa shape index (κ3) is 3.71. The number of aromatic amines is 1. The fraction of sp³-hybridized carbons (Fsp3) is 0.438. The lowest BCUT2D eigenvalue weighted by molar-refractivity contribution is -0.122. The molecule has 0 aliphatic heterocycles. The molecule has 2 aromatic heterocycles. The Hall–Kier alpha value is -2.21. The number of imidazole rings is 1. The summed E-state index contributed by atoms with van der Waals surface area (Å²) in [5.74, 6) is 0.304. The van der Waals surface area contributed by atoms with Gasteiger partial charge in [0.2, 0.25) is 5.91 Å². The summed E-state index contributed by atoms with van der Waals surface area (Å²) in [6, 6.07) is 3.97. The molecular weight excluding hydrogens is 280 g/mol. The highest BCUT2D eigenvalue weighted by Gasteiger charge is 2.34. The van der Waals surface area contributed by atoms with Crippen LogP contribution in [-0.4, -0.2) is 38.1 Å². The summed E-state index contributed by atoms with van der Waals surface area (Å²) >= 11 is 0. The van der Waals surface area contributed by atoms with Crippen molar-refractivity contribution < 1.29 is 9.90 Å². The summed E-state index contributed by atoms with van der Waals surface area (Å²) in [5.41, 5.74) is 1.94. The summed E-state index contributed by atoms with van der Waals surface area (Å²) in [7, 11) is 0.